The fourth-order valence-electron chi connectivity index (χ4n) is 1.93. The van der Waals surface area contributed by atoms with Crippen LogP contribution < -0.4 is 5.32 Å². The molecule has 1 atom stereocenters. The van der Waals surface area contributed by atoms with E-state index in [-0.39, 0.29) is 17.7 Å². The van der Waals surface area contributed by atoms with E-state index in [1.165, 1.54) is 23.3 Å². The maximum Gasteiger partial charge on any atom is 0.128 e. The minimum absolute atomic E-state index is 0.227. The van der Waals surface area contributed by atoms with Crippen molar-refractivity contribution in [3.8, 4) is 0 Å². The summed E-state index contributed by atoms with van der Waals surface area (Å²) < 4.78 is 27.3. The molecule has 4 heteroatoms. The van der Waals surface area contributed by atoms with E-state index >= 15 is 0 Å². The Kier molecular flexibility index (Phi) is 4.32. The smallest absolute Gasteiger partial charge is 0.128 e. The Morgan fingerprint density at radius 3 is 2.47 bits per heavy atom. The third-order valence-corrected chi connectivity index (χ3v) is 4.22. The van der Waals surface area contributed by atoms with Gasteiger partial charge in [-0.15, -0.1) is 0 Å². The van der Waals surface area contributed by atoms with Crippen LogP contribution >= 0.6 is 11.3 Å². The van der Waals surface area contributed by atoms with Gasteiger partial charge < -0.3 is 5.32 Å². The molecule has 102 valence electrons. The fourth-order valence-corrected chi connectivity index (χ4v) is 2.79. The zero-order valence-electron chi connectivity index (χ0n) is 11.3. The normalized spacial score (nSPS) is 12.7. The summed E-state index contributed by atoms with van der Waals surface area (Å²) in [6.07, 6.45) is 0. The third kappa shape index (κ3) is 3.19. The van der Waals surface area contributed by atoms with Crippen LogP contribution in [0, 0.1) is 25.5 Å². The summed E-state index contributed by atoms with van der Waals surface area (Å²) in [4.78, 5) is 0. The molecule has 0 fully saturated rings. The summed E-state index contributed by atoms with van der Waals surface area (Å²) in [5.41, 5.74) is 3.13. The number of halogens is 2. The summed E-state index contributed by atoms with van der Waals surface area (Å²) >= 11 is 1.65. The van der Waals surface area contributed by atoms with Crippen LogP contribution in [0.4, 0.5) is 8.78 Å². The fraction of sp³-hybridized carbons (Fsp3) is 0.333. The van der Waals surface area contributed by atoms with Crippen molar-refractivity contribution in [1.82, 2.24) is 5.32 Å². The van der Waals surface area contributed by atoms with Crippen molar-refractivity contribution in [2.75, 3.05) is 0 Å². The van der Waals surface area contributed by atoms with Gasteiger partial charge in [-0.2, -0.15) is 11.3 Å². The second kappa shape index (κ2) is 5.80. The van der Waals surface area contributed by atoms with Crippen LogP contribution in [0.5, 0.6) is 0 Å². The molecule has 0 spiro atoms. The summed E-state index contributed by atoms with van der Waals surface area (Å²) in [6.45, 7) is 6.11. The van der Waals surface area contributed by atoms with Crippen molar-refractivity contribution in [2.45, 2.75) is 33.4 Å². The molecule has 1 nitrogen and oxygen atoms in total. The molecule has 0 aliphatic heterocycles. The molecular formula is C15H17F2NS. The molecule has 0 saturated carbocycles. The number of nitrogens with one attached hydrogen (secondary N) is 1. The van der Waals surface area contributed by atoms with Crippen molar-refractivity contribution in [3.63, 3.8) is 0 Å². The van der Waals surface area contributed by atoms with Gasteiger partial charge in [-0.25, -0.2) is 8.78 Å². The maximum absolute atomic E-state index is 13.8. The first-order chi connectivity index (χ1) is 8.99. The van der Waals surface area contributed by atoms with E-state index in [1.54, 1.807) is 18.3 Å². The third-order valence-electron chi connectivity index (χ3n) is 3.30. The van der Waals surface area contributed by atoms with Crippen molar-refractivity contribution in [3.05, 3.63) is 56.8 Å². The topological polar surface area (TPSA) is 12.0 Å². The van der Waals surface area contributed by atoms with Gasteiger partial charge in [0.25, 0.3) is 0 Å². The van der Waals surface area contributed by atoms with E-state index in [0.717, 1.165) is 0 Å². The van der Waals surface area contributed by atoms with Crippen LogP contribution in [0.3, 0.4) is 0 Å². The average Bonchev–Trinajstić information content (AvgIpc) is 2.76. The van der Waals surface area contributed by atoms with Crippen molar-refractivity contribution < 1.29 is 8.78 Å². The first-order valence-corrected chi connectivity index (χ1v) is 7.14. The van der Waals surface area contributed by atoms with Crippen LogP contribution in [0.2, 0.25) is 0 Å². The van der Waals surface area contributed by atoms with Crippen LogP contribution in [0.1, 0.15) is 35.2 Å². The quantitative estimate of drug-likeness (QED) is 0.870. The SMILES string of the molecule is Cc1cc(F)c(C(C)NCc2cscc2C)cc1F. The Morgan fingerprint density at radius 1 is 1.11 bits per heavy atom. The van der Waals surface area contributed by atoms with Gasteiger partial charge in [0, 0.05) is 18.2 Å². The highest BCUT2D eigenvalue weighted by Gasteiger charge is 2.13. The van der Waals surface area contributed by atoms with Crippen LogP contribution in [0.15, 0.2) is 22.9 Å². The number of thiophene rings is 1. The predicted molar refractivity (Wildman–Crippen MR) is 75.4 cm³/mol. The van der Waals surface area contributed by atoms with Crippen molar-refractivity contribution >= 4 is 11.3 Å². The van der Waals surface area contributed by atoms with E-state index < -0.39 is 0 Å². The van der Waals surface area contributed by atoms with Crippen LogP contribution in [-0.2, 0) is 6.54 Å². The zero-order valence-corrected chi connectivity index (χ0v) is 12.1. The standard InChI is InChI=1S/C15H17F2NS/c1-9-4-15(17)13(5-14(9)16)11(3)18-6-12-8-19-7-10(12)2/h4-5,7-8,11,18H,6H2,1-3H3. The summed E-state index contributed by atoms with van der Waals surface area (Å²) in [7, 11) is 0. The molecule has 1 N–H and O–H groups in total. The minimum Gasteiger partial charge on any atom is -0.306 e. The lowest BCUT2D eigenvalue weighted by atomic mass is 10.0. The maximum atomic E-state index is 13.8. The minimum atomic E-state index is -0.364. The van der Waals surface area contributed by atoms with E-state index in [4.69, 9.17) is 0 Å². The predicted octanol–water partition coefficient (Wildman–Crippen LogP) is 4.49. The molecule has 1 heterocycles. The molecule has 19 heavy (non-hydrogen) atoms. The molecule has 1 unspecified atom stereocenters. The monoisotopic (exact) mass is 281 g/mol. The largest absolute Gasteiger partial charge is 0.306 e. The summed E-state index contributed by atoms with van der Waals surface area (Å²) in [5.74, 6) is -0.724. The molecule has 0 aliphatic carbocycles. The number of rotatable bonds is 4. The number of aryl methyl sites for hydroxylation is 2. The molecule has 1 aromatic carbocycles. The molecule has 0 saturated heterocycles. The molecule has 0 radical (unpaired) electrons. The summed E-state index contributed by atoms with van der Waals surface area (Å²) in [6, 6.07) is 2.30. The summed E-state index contributed by atoms with van der Waals surface area (Å²) in [5, 5.41) is 7.38. The van der Waals surface area contributed by atoms with Crippen LogP contribution in [-0.4, -0.2) is 0 Å². The van der Waals surface area contributed by atoms with E-state index in [0.29, 0.717) is 17.7 Å². The van der Waals surface area contributed by atoms with Crippen LogP contribution in [0.25, 0.3) is 0 Å². The second-order valence-electron chi connectivity index (χ2n) is 4.81. The second-order valence-corrected chi connectivity index (χ2v) is 5.55. The first-order valence-electron chi connectivity index (χ1n) is 6.19. The number of hydrogen-bond acceptors (Lipinski definition) is 2. The molecular weight excluding hydrogens is 264 g/mol. The Morgan fingerprint density at radius 2 is 1.84 bits per heavy atom. The molecule has 0 bridgehead atoms. The Hall–Kier alpha value is -1.26. The van der Waals surface area contributed by atoms with Gasteiger partial charge in [-0.3, -0.25) is 0 Å². The zero-order chi connectivity index (χ0) is 14.0. The van der Waals surface area contributed by atoms with Gasteiger partial charge in [0.2, 0.25) is 0 Å². The molecule has 0 aliphatic rings. The Balaban J connectivity index is 2.10. The van der Waals surface area contributed by atoms with E-state index in [9.17, 15) is 8.78 Å². The van der Waals surface area contributed by atoms with Gasteiger partial charge in [0.15, 0.2) is 0 Å². The van der Waals surface area contributed by atoms with Gasteiger partial charge >= 0.3 is 0 Å². The van der Waals surface area contributed by atoms with Gasteiger partial charge in [-0.05, 0) is 60.4 Å². The molecule has 0 amide bonds. The number of hydrogen-bond donors (Lipinski definition) is 1. The molecule has 2 rings (SSSR count). The Bertz CT molecular complexity index is 578. The van der Waals surface area contributed by atoms with E-state index in [2.05, 4.69) is 16.1 Å². The lowest BCUT2D eigenvalue weighted by Crippen LogP contribution is -2.19. The van der Waals surface area contributed by atoms with Gasteiger partial charge in [0.1, 0.15) is 11.6 Å². The van der Waals surface area contributed by atoms with Gasteiger partial charge in [-0.1, -0.05) is 0 Å². The van der Waals surface area contributed by atoms with Crippen molar-refractivity contribution in [1.29, 1.82) is 0 Å². The van der Waals surface area contributed by atoms with Crippen molar-refractivity contribution in [2.24, 2.45) is 0 Å². The Labute approximate surface area is 116 Å². The highest BCUT2D eigenvalue weighted by Crippen LogP contribution is 2.21. The van der Waals surface area contributed by atoms with E-state index in [1.807, 2.05) is 13.8 Å². The molecule has 1 aromatic heterocycles. The van der Waals surface area contributed by atoms with Gasteiger partial charge in [0.05, 0.1) is 0 Å². The number of benzene rings is 1. The highest BCUT2D eigenvalue weighted by molar-refractivity contribution is 7.08. The highest BCUT2D eigenvalue weighted by atomic mass is 32.1. The first kappa shape index (κ1) is 14.2. The molecule has 2 aromatic rings. The lowest BCUT2D eigenvalue weighted by molar-refractivity contribution is 0.516. The lowest BCUT2D eigenvalue weighted by Gasteiger charge is -2.16. The average molecular weight is 281 g/mol.